The highest BCUT2D eigenvalue weighted by molar-refractivity contribution is 5.90. The lowest BCUT2D eigenvalue weighted by Gasteiger charge is -2.09. The third kappa shape index (κ3) is 4.57. The molecular weight excluding hydrogens is 328 g/mol. The maximum Gasteiger partial charge on any atom is 0.253 e. The highest BCUT2D eigenvalue weighted by atomic mass is 16.2. The summed E-state index contributed by atoms with van der Waals surface area (Å²) in [6.07, 6.45) is 2.10. The van der Waals surface area contributed by atoms with E-state index >= 15 is 0 Å². The van der Waals surface area contributed by atoms with Crippen molar-refractivity contribution in [2.24, 2.45) is 0 Å². The van der Waals surface area contributed by atoms with Gasteiger partial charge in [0, 0.05) is 28.8 Å². The van der Waals surface area contributed by atoms with E-state index in [0.717, 1.165) is 11.4 Å². The number of para-hydroxylation sites is 1. The Morgan fingerprint density at radius 1 is 1.00 bits per heavy atom. The van der Waals surface area contributed by atoms with Crippen molar-refractivity contribution in [3.8, 4) is 0 Å². The van der Waals surface area contributed by atoms with Crippen LogP contribution in [0, 0.1) is 0 Å². The molecule has 2 N–H and O–H groups in total. The van der Waals surface area contributed by atoms with E-state index in [4.69, 9.17) is 0 Å². The Bertz CT molecular complexity index is 934. The third-order valence-corrected chi connectivity index (χ3v) is 3.84. The van der Waals surface area contributed by atoms with Crippen molar-refractivity contribution in [2.75, 3.05) is 10.6 Å². The Hall–Kier alpha value is -3.41. The van der Waals surface area contributed by atoms with E-state index in [9.17, 15) is 9.59 Å². The highest BCUT2D eigenvalue weighted by Gasteiger charge is 2.06. The molecule has 1 heterocycles. The van der Waals surface area contributed by atoms with Gasteiger partial charge < -0.3 is 10.6 Å². The molecule has 0 unspecified atom stereocenters. The number of hydrogen-bond donors (Lipinski definition) is 2. The Kier molecular flexibility index (Phi) is 5.43. The zero-order valence-electron chi connectivity index (χ0n) is 14.5. The summed E-state index contributed by atoms with van der Waals surface area (Å²) < 4.78 is 1.29. The number of aromatic nitrogens is 2. The van der Waals surface area contributed by atoms with E-state index in [-0.39, 0.29) is 18.0 Å². The van der Waals surface area contributed by atoms with E-state index in [1.807, 2.05) is 61.5 Å². The van der Waals surface area contributed by atoms with Crippen LogP contribution >= 0.6 is 0 Å². The molecule has 3 aromatic rings. The second-order valence-electron chi connectivity index (χ2n) is 5.82. The fraction of sp³-hybridized carbons (Fsp3) is 0.150. The molecule has 6 heteroatoms. The molecule has 0 bridgehead atoms. The van der Waals surface area contributed by atoms with Crippen LogP contribution in [0.15, 0.2) is 71.8 Å². The first-order valence-electron chi connectivity index (χ1n) is 8.41. The topological polar surface area (TPSA) is 76.0 Å². The van der Waals surface area contributed by atoms with Gasteiger partial charge in [0.15, 0.2) is 0 Å². The van der Waals surface area contributed by atoms with Gasteiger partial charge in [-0.25, -0.2) is 4.98 Å². The molecule has 0 aliphatic carbocycles. The molecule has 26 heavy (non-hydrogen) atoms. The van der Waals surface area contributed by atoms with Crippen molar-refractivity contribution in [3.63, 3.8) is 0 Å². The van der Waals surface area contributed by atoms with Gasteiger partial charge in [0.25, 0.3) is 5.56 Å². The number of amides is 1. The fourth-order valence-electron chi connectivity index (χ4n) is 2.46. The molecule has 0 fully saturated rings. The van der Waals surface area contributed by atoms with Crippen LogP contribution < -0.4 is 16.2 Å². The molecule has 0 radical (unpaired) electrons. The molecule has 1 amide bonds. The summed E-state index contributed by atoms with van der Waals surface area (Å²) in [6.45, 7) is 1.86. The summed E-state index contributed by atoms with van der Waals surface area (Å²) in [7, 11) is 0. The molecular formula is C20H20N4O2. The summed E-state index contributed by atoms with van der Waals surface area (Å²) in [5, 5.41) is 6.06. The summed E-state index contributed by atoms with van der Waals surface area (Å²) in [4.78, 5) is 28.2. The van der Waals surface area contributed by atoms with Gasteiger partial charge in [0.05, 0.1) is 6.33 Å². The van der Waals surface area contributed by atoms with Crippen LogP contribution in [0.25, 0.3) is 0 Å². The minimum atomic E-state index is -0.276. The van der Waals surface area contributed by atoms with E-state index in [2.05, 4.69) is 15.6 Å². The number of nitrogens with one attached hydrogen (secondary N) is 2. The van der Waals surface area contributed by atoms with Gasteiger partial charge in [-0.3, -0.25) is 14.2 Å². The van der Waals surface area contributed by atoms with Crippen molar-refractivity contribution in [2.45, 2.75) is 19.9 Å². The summed E-state index contributed by atoms with van der Waals surface area (Å²) in [5.41, 5.74) is 3.07. The van der Waals surface area contributed by atoms with Crippen molar-refractivity contribution >= 4 is 23.0 Å². The van der Waals surface area contributed by atoms with Crippen LogP contribution in [0.5, 0.6) is 0 Å². The third-order valence-electron chi connectivity index (χ3n) is 3.84. The van der Waals surface area contributed by atoms with Crippen LogP contribution in [0.1, 0.15) is 12.6 Å². The number of rotatable bonds is 6. The van der Waals surface area contributed by atoms with Gasteiger partial charge in [-0.2, -0.15) is 0 Å². The molecule has 0 spiro atoms. The van der Waals surface area contributed by atoms with Gasteiger partial charge in [0.2, 0.25) is 5.91 Å². The van der Waals surface area contributed by atoms with Crippen molar-refractivity contribution in [1.82, 2.24) is 9.55 Å². The molecule has 0 aliphatic heterocycles. The lowest BCUT2D eigenvalue weighted by Crippen LogP contribution is -2.27. The Morgan fingerprint density at radius 3 is 2.31 bits per heavy atom. The monoisotopic (exact) mass is 348 g/mol. The minimum absolute atomic E-state index is 0.0696. The smallest absolute Gasteiger partial charge is 0.253 e. The highest BCUT2D eigenvalue weighted by Crippen LogP contribution is 2.18. The first-order valence-corrected chi connectivity index (χ1v) is 8.41. The largest absolute Gasteiger partial charge is 0.356 e. The van der Waals surface area contributed by atoms with Gasteiger partial charge in [-0.15, -0.1) is 0 Å². The van der Waals surface area contributed by atoms with Crippen molar-refractivity contribution in [1.29, 1.82) is 0 Å². The zero-order chi connectivity index (χ0) is 18.4. The summed E-state index contributed by atoms with van der Waals surface area (Å²) in [5.74, 6) is -0.276. The number of anilines is 3. The number of nitrogens with zero attached hydrogens (tertiary/aromatic N) is 2. The van der Waals surface area contributed by atoms with Crippen LogP contribution in [0.3, 0.4) is 0 Å². The van der Waals surface area contributed by atoms with Crippen molar-refractivity contribution in [3.05, 3.63) is 83.0 Å². The molecule has 0 saturated carbocycles. The molecule has 3 rings (SSSR count). The average molecular weight is 348 g/mol. The zero-order valence-corrected chi connectivity index (χ0v) is 14.5. The van der Waals surface area contributed by atoms with E-state index in [1.54, 1.807) is 0 Å². The number of hydrogen-bond acceptors (Lipinski definition) is 4. The molecule has 0 atom stereocenters. The standard InChI is InChI=1S/C20H20N4O2/c1-2-15-12-20(26)24(14-21-15)13-19(25)23-18-10-8-17(9-11-18)22-16-6-4-3-5-7-16/h3-12,14,22H,2,13H2,1H3,(H,23,25). The van der Waals surface area contributed by atoms with Crippen LogP contribution in [0.2, 0.25) is 0 Å². The average Bonchev–Trinajstić information content (AvgIpc) is 2.66. The Labute approximate surface area is 151 Å². The Balaban J connectivity index is 1.60. The van der Waals surface area contributed by atoms with Gasteiger partial charge in [-0.05, 0) is 42.8 Å². The molecule has 6 nitrogen and oxygen atoms in total. The van der Waals surface area contributed by atoms with E-state index in [0.29, 0.717) is 17.8 Å². The fourth-order valence-corrected chi connectivity index (χ4v) is 2.46. The number of carbonyl (C=O) groups is 1. The quantitative estimate of drug-likeness (QED) is 0.717. The molecule has 1 aromatic heterocycles. The number of benzene rings is 2. The van der Waals surface area contributed by atoms with E-state index in [1.165, 1.54) is 17.0 Å². The number of aryl methyl sites for hydroxylation is 1. The lowest BCUT2D eigenvalue weighted by molar-refractivity contribution is -0.116. The van der Waals surface area contributed by atoms with E-state index < -0.39 is 0 Å². The lowest BCUT2D eigenvalue weighted by atomic mass is 10.2. The van der Waals surface area contributed by atoms with Gasteiger partial charge in [0.1, 0.15) is 6.54 Å². The molecule has 132 valence electrons. The first-order chi connectivity index (χ1) is 12.6. The van der Waals surface area contributed by atoms with Crippen LogP contribution in [0.4, 0.5) is 17.1 Å². The maximum absolute atomic E-state index is 12.2. The predicted octanol–water partition coefficient (Wildman–Crippen LogP) is 3.19. The molecule has 2 aromatic carbocycles. The minimum Gasteiger partial charge on any atom is -0.356 e. The first kappa shape index (κ1) is 17.4. The Morgan fingerprint density at radius 2 is 1.65 bits per heavy atom. The second-order valence-corrected chi connectivity index (χ2v) is 5.82. The summed E-state index contributed by atoms with van der Waals surface area (Å²) in [6, 6.07) is 18.7. The molecule has 0 aliphatic rings. The normalized spacial score (nSPS) is 10.3. The van der Waals surface area contributed by atoms with Gasteiger partial charge >= 0.3 is 0 Å². The van der Waals surface area contributed by atoms with Crippen molar-refractivity contribution < 1.29 is 4.79 Å². The predicted molar refractivity (Wildman–Crippen MR) is 103 cm³/mol. The van der Waals surface area contributed by atoms with Crippen LogP contribution in [-0.2, 0) is 17.8 Å². The maximum atomic E-state index is 12.2. The van der Waals surface area contributed by atoms with Crippen LogP contribution in [-0.4, -0.2) is 15.5 Å². The van der Waals surface area contributed by atoms with Gasteiger partial charge in [-0.1, -0.05) is 25.1 Å². The number of carbonyl (C=O) groups excluding carboxylic acids is 1. The summed E-state index contributed by atoms with van der Waals surface area (Å²) >= 11 is 0. The SMILES string of the molecule is CCc1cc(=O)n(CC(=O)Nc2ccc(Nc3ccccc3)cc2)cn1. The molecule has 0 saturated heterocycles. The second kappa shape index (κ2) is 8.11.